The quantitative estimate of drug-likeness (QED) is 0.755. The summed E-state index contributed by atoms with van der Waals surface area (Å²) in [6.45, 7) is 8.08. The largest absolute Gasteiger partial charge is 0.381 e. The molecule has 0 spiro atoms. The smallest absolute Gasteiger partial charge is 0.252 e. The number of nitrogens with zero attached hydrogens (tertiary/aromatic N) is 1. The highest BCUT2D eigenvalue weighted by Crippen LogP contribution is 2.06. The molecule has 1 aromatic heterocycles. The predicted octanol–water partition coefficient (Wildman–Crippen LogP) is 2.24. The first-order valence-corrected chi connectivity index (χ1v) is 6.44. The molecule has 0 aromatic carbocycles. The molecule has 4 nitrogen and oxygen atoms in total. The third kappa shape index (κ3) is 4.84. The molecule has 0 aliphatic carbocycles. The Hall–Kier alpha value is -1.42. The lowest BCUT2D eigenvalue weighted by Gasteiger charge is -2.07. The van der Waals surface area contributed by atoms with Crippen molar-refractivity contribution in [3.05, 3.63) is 29.1 Å². The summed E-state index contributed by atoms with van der Waals surface area (Å²) in [5.74, 6) is -0.0684. The zero-order valence-corrected chi connectivity index (χ0v) is 11.5. The molecule has 0 radical (unpaired) electrons. The third-order valence-electron chi connectivity index (χ3n) is 2.70. The van der Waals surface area contributed by atoms with E-state index < -0.39 is 0 Å². The van der Waals surface area contributed by atoms with Gasteiger partial charge in [0.2, 0.25) is 0 Å². The van der Waals surface area contributed by atoms with Crippen LogP contribution >= 0.6 is 0 Å². The maximum atomic E-state index is 11.8. The first kappa shape index (κ1) is 14.6. The Morgan fingerprint density at radius 3 is 2.83 bits per heavy atom. The van der Waals surface area contributed by atoms with E-state index >= 15 is 0 Å². The van der Waals surface area contributed by atoms with Gasteiger partial charge in [-0.25, -0.2) is 0 Å². The van der Waals surface area contributed by atoms with Crippen LogP contribution in [0.2, 0.25) is 0 Å². The van der Waals surface area contributed by atoms with Crippen LogP contribution in [0, 0.1) is 13.8 Å². The number of aromatic nitrogens is 1. The molecule has 18 heavy (non-hydrogen) atoms. The Morgan fingerprint density at radius 2 is 2.17 bits per heavy atom. The molecule has 0 aliphatic heterocycles. The van der Waals surface area contributed by atoms with Crippen molar-refractivity contribution in [2.75, 3.05) is 19.8 Å². The van der Waals surface area contributed by atoms with Gasteiger partial charge in [-0.1, -0.05) is 6.92 Å². The minimum absolute atomic E-state index is 0.0684. The van der Waals surface area contributed by atoms with E-state index in [0.29, 0.717) is 18.7 Å². The van der Waals surface area contributed by atoms with E-state index in [1.165, 1.54) is 0 Å². The first-order valence-electron chi connectivity index (χ1n) is 6.44. The highest BCUT2D eigenvalue weighted by Gasteiger charge is 2.06. The molecule has 0 fully saturated rings. The topological polar surface area (TPSA) is 51.2 Å². The molecule has 1 N–H and O–H groups in total. The molecule has 1 rings (SSSR count). The summed E-state index contributed by atoms with van der Waals surface area (Å²) in [6, 6.07) is 1.87. The molecular weight excluding hydrogens is 228 g/mol. The van der Waals surface area contributed by atoms with E-state index in [0.717, 1.165) is 30.7 Å². The van der Waals surface area contributed by atoms with Gasteiger partial charge in [-0.05, 0) is 38.3 Å². The summed E-state index contributed by atoms with van der Waals surface area (Å²) in [5.41, 5.74) is 2.61. The first-order chi connectivity index (χ1) is 8.65. The molecule has 4 heteroatoms. The van der Waals surface area contributed by atoms with Crippen LogP contribution in [0.15, 0.2) is 12.3 Å². The second-order valence-corrected chi connectivity index (χ2v) is 4.35. The molecule has 0 saturated heterocycles. The van der Waals surface area contributed by atoms with E-state index in [1.54, 1.807) is 6.20 Å². The Balaban J connectivity index is 2.30. The van der Waals surface area contributed by atoms with Crippen molar-refractivity contribution in [2.45, 2.75) is 33.6 Å². The van der Waals surface area contributed by atoms with Crippen molar-refractivity contribution in [2.24, 2.45) is 0 Å². The van der Waals surface area contributed by atoms with Crippen LogP contribution in [-0.4, -0.2) is 30.6 Å². The number of aryl methyl sites for hydroxylation is 2. The Labute approximate surface area is 109 Å². The lowest BCUT2D eigenvalue weighted by atomic mass is 10.1. The van der Waals surface area contributed by atoms with Crippen LogP contribution in [0.1, 0.15) is 41.4 Å². The number of nitrogens with one attached hydrogen (secondary N) is 1. The van der Waals surface area contributed by atoms with Gasteiger partial charge in [0.25, 0.3) is 5.91 Å². The fraction of sp³-hybridized carbons (Fsp3) is 0.571. The maximum absolute atomic E-state index is 11.8. The van der Waals surface area contributed by atoms with Crippen LogP contribution in [0.4, 0.5) is 0 Å². The van der Waals surface area contributed by atoms with Gasteiger partial charge in [0, 0.05) is 31.6 Å². The number of hydrogen-bond acceptors (Lipinski definition) is 3. The van der Waals surface area contributed by atoms with Crippen molar-refractivity contribution >= 4 is 5.91 Å². The van der Waals surface area contributed by atoms with E-state index in [9.17, 15) is 4.79 Å². The molecule has 0 unspecified atom stereocenters. The molecule has 0 saturated carbocycles. The molecule has 1 aromatic rings. The number of ether oxygens (including phenoxy) is 1. The SMILES string of the molecule is CCCOCCCNC(=O)c1cnc(C)c(C)c1. The summed E-state index contributed by atoms with van der Waals surface area (Å²) >= 11 is 0. The van der Waals surface area contributed by atoms with Crippen molar-refractivity contribution in [3.8, 4) is 0 Å². The van der Waals surface area contributed by atoms with Crippen LogP contribution in [0.25, 0.3) is 0 Å². The van der Waals surface area contributed by atoms with Crippen molar-refractivity contribution in [3.63, 3.8) is 0 Å². The van der Waals surface area contributed by atoms with Crippen LogP contribution < -0.4 is 5.32 Å². The number of carbonyl (C=O) groups excluding carboxylic acids is 1. The fourth-order valence-corrected chi connectivity index (χ4v) is 1.49. The van der Waals surface area contributed by atoms with Gasteiger partial charge < -0.3 is 10.1 Å². The third-order valence-corrected chi connectivity index (χ3v) is 2.70. The highest BCUT2D eigenvalue weighted by atomic mass is 16.5. The summed E-state index contributed by atoms with van der Waals surface area (Å²) in [5, 5.41) is 2.86. The fourth-order valence-electron chi connectivity index (χ4n) is 1.49. The summed E-state index contributed by atoms with van der Waals surface area (Å²) in [4.78, 5) is 16.0. The van der Waals surface area contributed by atoms with Gasteiger partial charge in [0.1, 0.15) is 0 Å². The number of amides is 1. The number of carbonyl (C=O) groups is 1. The molecule has 100 valence electrons. The lowest BCUT2D eigenvalue weighted by molar-refractivity contribution is 0.0941. The number of pyridine rings is 1. The monoisotopic (exact) mass is 250 g/mol. The maximum Gasteiger partial charge on any atom is 0.252 e. The minimum atomic E-state index is -0.0684. The second kappa shape index (κ2) is 7.82. The Kier molecular flexibility index (Phi) is 6.36. The number of rotatable bonds is 7. The van der Waals surface area contributed by atoms with E-state index in [1.807, 2.05) is 19.9 Å². The highest BCUT2D eigenvalue weighted by molar-refractivity contribution is 5.94. The molecule has 0 aliphatic rings. The molecule has 0 bridgehead atoms. The van der Waals surface area contributed by atoms with E-state index in [4.69, 9.17) is 4.74 Å². The van der Waals surface area contributed by atoms with Gasteiger partial charge in [0.05, 0.1) is 5.56 Å². The predicted molar refractivity (Wildman–Crippen MR) is 71.8 cm³/mol. The standard InChI is InChI=1S/C14H22N2O2/c1-4-7-18-8-5-6-15-14(17)13-9-11(2)12(3)16-10-13/h9-10H,4-8H2,1-3H3,(H,15,17). The van der Waals surface area contributed by atoms with Gasteiger partial charge in [-0.15, -0.1) is 0 Å². The molecule has 1 heterocycles. The number of hydrogen-bond donors (Lipinski definition) is 1. The Bertz CT molecular complexity index is 391. The van der Waals surface area contributed by atoms with Gasteiger partial charge in [-0.2, -0.15) is 0 Å². The minimum Gasteiger partial charge on any atom is -0.381 e. The van der Waals surface area contributed by atoms with Crippen molar-refractivity contribution in [1.29, 1.82) is 0 Å². The normalized spacial score (nSPS) is 10.4. The van der Waals surface area contributed by atoms with Crippen molar-refractivity contribution in [1.82, 2.24) is 10.3 Å². The van der Waals surface area contributed by atoms with Crippen LogP contribution in [0.3, 0.4) is 0 Å². The molecule has 0 atom stereocenters. The zero-order valence-electron chi connectivity index (χ0n) is 11.5. The van der Waals surface area contributed by atoms with Gasteiger partial charge in [0.15, 0.2) is 0 Å². The average Bonchev–Trinajstić information content (AvgIpc) is 2.36. The molecule has 1 amide bonds. The van der Waals surface area contributed by atoms with Crippen LogP contribution in [-0.2, 0) is 4.74 Å². The van der Waals surface area contributed by atoms with Crippen LogP contribution in [0.5, 0.6) is 0 Å². The summed E-state index contributed by atoms with van der Waals surface area (Å²) < 4.78 is 5.34. The zero-order chi connectivity index (χ0) is 13.4. The second-order valence-electron chi connectivity index (χ2n) is 4.35. The summed E-state index contributed by atoms with van der Waals surface area (Å²) in [6.07, 6.45) is 3.48. The van der Waals surface area contributed by atoms with E-state index in [-0.39, 0.29) is 5.91 Å². The average molecular weight is 250 g/mol. The molecular formula is C14H22N2O2. The van der Waals surface area contributed by atoms with Crippen molar-refractivity contribution < 1.29 is 9.53 Å². The summed E-state index contributed by atoms with van der Waals surface area (Å²) in [7, 11) is 0. The van der Waals surface area contributed by atoms with Gasteiger partial charge >= 0.3 is 0 Å². The Morgan fingerprint density at radius 1 is 1.39 bits per heavy atom. The van der Waals surface area contributed by atoms with Gasteiger partial charge in [-0.3, -0.25) is 9.78 Å². The van der Waals surface area contributed by atoms with E-state index in [2.05, 4.69) is 17.2 Å². The lowest BCUT2D eigenvalue weighted by Crippen LogP contribution is -2.25.